The molecule has 1 N–H and O–H groups in total. The number of halogens is 4. The Kier molecular flexibility index (Phi) is 6.09. The smallest absolute Gasteiger partial charge is 0.416 e. The van der Waals surface area contributed by atoms with E-state index in [1.165, 1.54) is 12.1 Å². The summed E-state index contributed by atoms with van der Waals surface area (Å²) in [7, 11) is 0. The Morgan fingerprint density at radius 1 is 1.17 bits per heavy atom. The van der Waals surface area contributed by atoms with Crippen molar-refractivity contribution in [1.82, 2.24) is 5.32 Å². The van der Waals surface area contributed by atoms with Crippen LogP contribution in [0.3, 0.4) is 0 Å². The van der Waals surface area contributed by atoms with Crippen LogP contribution in [0.5, 0.6) is 5.75 Å². The first kappa shape index (κ1) is 18.6. The second-order valence-electron chi connectivity index (χ2n) is 5.06. The van der Waals surface area contributed by atoms with Gasteiger partial charge in [0.15, 0.2) is 0 Å². The Morgan fingerprint density at radius 2 is 1.83 bits per heavy atom. The molecule has 0 bridgehead atoms. The van der Waals surface area contributed by atoms with Gasteiger partial charge in [0.05, 0.1) is 17.7 Å². The van der Waals surface area contributed by atoms with Crippen molar-refractivity contribution in [3.8, 4) is 5.75 Å². The van der Waals surface area contributed by atoms with E-state index in [9.17, 15) is 18.0 Å². The third kappa shape index (κ3) is 4.86. The van der Waals surface area contributed by atoms with Crippen molar-refractivity contribution in [1.29, 1.82) is 0 Å². The molecule has 24 heavy (non-hydrogen) atoms. The van der Waals surface area contributed by atoms with Crippen LogP contribution in [-0.4, -0.2) is 19.1 Å². The fourth-order valence-corrected chi connectivity index (χ4v) is 2.60. The second kappa shape index (κ2) is 7.87. The first-order valence-corrected chi connectivity index (χ1v) is 8.20. The molecule has 2 rings (SSSR count). The van der Waals surface area contributed by atoms with E-state index in [0.717, 1.165) is 21.3 Å². The SMILES string of the molecule is Cc1cccc(C(=O)NCCOc2ccc(C(F)(F)F)cc2)c1I. The van der Waals surface area contributed by atoms with Crippen LogP contribution in [0.1, 0.15) is 21.5 Å². The van der Waals surface area contributed by atoms with Crippen molar-refractivity contribution in [2.75, 3.05) is 13.2 Å². The highest BCUT2D eigenvalue weighted by Gasteiger charge is 2.29. The van der Waals surface area contributed by atoms with Gasteiger partial charge >= 0.3 is 6.18 Å². The van der Waals surface area contributed by atoms with Crippen LogP contribution in [0, 0.1) is 10.5 Å². The summed E-state index contributed by atoms with van der Waals surface area (Å²) < 4.78 is 43.6. The number of hydrogen-bond acceptors (Lipinski definition) is 2. The molecule has 0 aromatic heterocycles. The summed E-state index contributed by atoms with van der Waals surface area (Å²) >= 11 is 2.12. The van der Waals surface area contributed by atoms with E-state index in [-0.39, 0.29) is 19.1 Å². The zero-order valence-corrected chi connectivity index (χ0v) is 14.9. The number of ether oxygens (including phenoxy) is 1. The summed E-state index contributed by atoms with van der Waals surface area (Å²) in [6, 6.07) is 9.91. The van der Waals surface area contributed by atoms with Crippen molar-refractivity contribution in [3.63, 3.8) is 0 Å². The van der Waals surface area contributed by atoms with Crippen molar-refractivity contribution < 1.29 is 22.7 Å². The Labute approximate surface area is 151 Å². The van der Waals surface area contributed by atoms with Crippen LogP contribution in [-0.2, 0) is 6.18 Å². The normalized spacial score (nSPS) is 11.2. The van der Waals surface area contributed by atoms with E-state index in [2.05, 4.69) is 27.9 Å². The first-order valence-electron chi connectivity index (χ1n) is 7.12. The summed E-state index contributed by atoms with van der Waals surface area (Å²) in [5, 5.41) is 2.72. The fraction of sp³-hybridized carbons (Fsp3) is 0.235. The van der Waals surface area contributed by atoms with E-state index < -0.39 is 11.7 Å². The summed E-state index contributed by atoms with van der Waals surface area (Å²) in [5.74, 6) is 0.113. The Bertz CT molecular complexity index is 715. The highest BCUT2D eigenvalue weighted by atomic mass is 127. The van der Waals surface area contributed by atoms with Crippen molar-refractivity contribution in [2.24, 2.45) is 0 Å². The van der Waals surface area contributed by atoms with Gasteiger partial charge < -0.3 is 10.1 Å². The predicted molar refractivity (Wildman–Crippen MR) is 93.2 cm³/mol. The predicted octanol–water partition coefficient (Wildman–Crippen LogP) is 4.43. The Balaban J connectivity index is 1.82. The van der Waals surface area contributed by atoms with E-state index >= 15 is 0 Å². The van der Waals surface area contributed by atoms with E-state index in [1.54, 1.807) is 6.07 Å². The number of nitrogens with one attached hydrogen (secondary N) is 1. The van der Waals surface area contributed by atoms with Crippen molar-refractivity contribution >= 4 is 28.5 Å². The molecule has 0 aliphatic rings. The maximum absolute atomic E-state index is 12.4. The number of amides is 1. The van der Waals surface area contributed by atoms with Crippen LogP contribution in [0.25, 0.3) is 0 Å². The molecule has 0 spiro atoms. The minimum Gasteiger partial charge on any atom is -0.492 e. The largest absolute Gasteiger partial charge is 0.492 e. The molecule has 1 amide bonds. The van der Waals surface area contributed by atoms with Gasteiger partial charge in [-0.25, -0.2) is 0 Å². The Morgan fingerprint density at radius 3 is 2.46 bits per heavy atom. The maximum Gasteiger partial charge on any atom is 0.416 e. The zero-order chi connectivity index (χ0) is 17.7. The van der Waals surface area contributed by atoms with Gasteiger partial charge in [-0.2, -0.15) is 13.2 Å². The van der Waals surface area contributed by atoms with Gasteiger partial charge in [0.2, 0.25) is 0 Å². The fourth-order valence-electron chi connectivity index (χ4n) is 1.99. The van der Waals surface area contributed by atoms with Crippen LogP contribution >= 0.6 is 22.6 Å². The number of rotatable bonds is 5. The molecule has 0 atom stereocenters. The third-order valence-corrected chi connectivity index (χ3v) is 4.71. The van der Waals surface area contributed by atoms with Gasteiger partial charge in [-0.1, -0.05) is 12.1 Å². The lowest BCUT2D eigenvalue weighted by molar-refractivity contribution is -0.137. The average molecular weight is 449 g/mol. The lowest BCUT2D eigenvalue weighted by atomic mass is 10.1. The van der Waals surface area contributed by atoms with E-state index in [1.807, 2.05) is 19.1 Å². The van der Waals surface area contributed by atoms with Crippen molar-refractivity contribution in [3.05, 3.63) is 62.7 Å². The van der Waals surface area contributed by atoms with E-state index in [4.69, 9.17) is 4.74 Å². The lowest BCUT2D eigenvalue weighted by Gasteiger charge is -2.11. The lowest BCUT2D eigenvalue weighted by Crippen LogP contribution is -2.28. The topological polar surface area (TPSA) is 38.3 Å². The van der Waals surface area contributed by atoms with Crippen LogP contribution in [0.15, 0.2) is 42.5 Å². The minimum atomic E-state index is -4.36. The maximum atomic E-state index is 12.4. The van der Waals surface area contributed by atoms with E-state index in [0.29, 0.717) is 11.3 Å². The molecule has 0 aliphatic carbocycles. The van der Waals surface area contributed by atoms with Crippen LogP contribution < -0.4 is 10.1 Å². The highest BCUT2D eigenvalue weighted by molar-refractivity contribution is 14.1. The van der Waals surface area contributed by atoms with Crippen LogP contribution in [0.2, 0.25) is 0 Å². The van der Waals surface area contributed by atoms with Gasteiger partial charge in [0, 0.05) is 3.57 Å². The molecule has 0 aliphatic heterocycles. The molecule has 0 unspecified atom stereocenters. The molecule has 2 aromatic rings. The molecule has 0 saturated carbocycles. The molecule has 0 heterocycles. The molecule has 7 heteroatoms. The van der Waals surface area contributed by atoms with Crippen molar-refractivity contribution in [2.45, 2.75) is 13.1 Å². The molecule has 128 valence electrons. The zero-order valence-electron chi connectivity index (χ0n) is 12.8. The molecule has 3 nitrogen and oxygen atoms in total. The molecule has 0 saturated heterocycles. The standard InChI is InChI=1S/C17H15F3INO2/c1-11-3-2-4-14(15(11)21)16(23)22-9-10-24-13-7-5-12(6-8-13)17(18,19)20/h2-8H,9-10H2,1H3,(H,22,23). The summed E-state index contributed by atoms with van der Waals surface area (Å²) in [6.45, 7) is 2.34. The molecule has 0 fully saturated rings. The summed E-state index contributed by atoms with van der Waals surface area (Å²) in [5.41, 5.74) is 0.881. The molecular formula is C17H15F3INO2. The first-order chi connectivity index (χ1) is 11.3. The van der Waals surface area contributed by atoms with Gasteiger partial charge in [0.25, 0.3) is 5.91 Å². The summed E-state index contributed by atoms with van der Waals surface area (Å²) in [4.78, 5) is 12.1. The second-order valence-corrected chi connectivity index (χ2v) is 6.14. The number of benzene rings is 2. The number of alkyl halides is 3. The van der Waals surface area contributed by atoms with Gasteiger partial charge in [-0.15, -0.1) is 0 Å². The molecular weight excluding hydrogens is 434 g/mol. The third-order valence-electron chi connectivity index (χ3n) is 3.27. The Hall–Kier alpha value is -1.77. The average Bonchev–Trinajstić information content (AvgIpc) is 2.53. The number of carbonyl (C=O) groups is 1. The summed E-state index contributed by atoms with van der Waals surface area (Å²) in [6.07, 6.45) is -4.36. The number of carbonyl (C=O) groups excluding carboxylic acids is 1. The monoisotopic (exact) mass is 449 g/mol. The quantitative estimate of drug-likeness (QED) is 0.542. The number of hydrogen-bond donors (Lipinski definition) is 1. The minimum absolute atomic E-state index is 0.166. The van der Waals surface area contributed by atoms with Gasteiger partial charge in [-0.05, 0) is 65.4 Å². The molecule has 2 aromatic carbocycles. The highest BCUT2D eigenvalue weighted by Crippen LogP contribution is 2.30. The van der Waals surface area contributed by atoms with Crippen LogP contribution in [0.4, 0.5) is 13.2 Å². The molecule has 0 radical (unpaired) electrons. The number of aryl methyl sites for hydroxylation is 1. The van der Waals surface area contributed by atoms with Gasteiger partial charge in [0.1, 0.15) is 12.4 Å². The van der Waals surface area contributed by atoms with Gasteiger partial charge in [-0.3, -0.25) is 4.79 Å².